The van der Waals surface area contributed by atoms with E-state index in [1.807, 2.05) is 12.1 Å². The number of para-hydroxylation sites is 1. The van der Waals surface area contributed by atoms with Crippen molar-refractivity contribution in [2.24, 2.45) is 0 Å². The molecule has 0 radical (unpaired) electrons. The molecule has 6 aromatic heterocycles. The monoisotopic (exact) mass is 2320 g/mol. The Balaban J connectivity index is 0.000000214. The van der Waals surface area contributed by atoms with Gasteiger partial charge in [0.1, 0.15) is 54.9 Å². The zero-order valence-electron chi connectivity index (χ0n) is 64.2. The molecular weight excluding hydrogens is 2270 g/mol. The summed E-state index contributed by atoms with van der Waals surface area (Å²) in [5.74, 6) is -3.85. The van der Waals surface area contributed by atoms with Crippen LogP contribution in [-0.4, -0.2) is 95.2 Å². The molecule has 6 aromatic carbocycles. The van der Waals surface area contributed by atoms with Crippen LogP contribution in [0.4, 0.5) is 56.1 Å². The second-order valence-electron chi connectivity index (χ2n) is 25.2. The summed E-state index contributed by atoms with van der Waals surface area (Å²) >= 11 is 123. The third-order valence-corrected chi connectivity index (χ3v) is 20.8. The van der Waals surface area contributed by atoms with Gasteiger partial charge in [0.2, 0.25) is 22.8 Å². The van der Waals surface area contributed by atoms with Crippen molar-refractivity contribution in [2.45, 2.75) is 65.9 Å². The molecular formula is C79H59Br2Cl20F5N12O12. The van der Waals surface area contributed by atoms with Gasteiger partial charge in [0, 0.05) is 54.7 Å². The molecule has 0 spiro atoms. The Morgan fingerprint density at radius 3 is 0.823 bits per heavy atom. The number of hydrogen-bond donors (Lipinski definition) is 12. The second-order valence-corrected chi connectivity index (χ2v) is 42.1. The zero-order valence-corrected chi connectivity index (χ0v) is 82.5. The van der Waals surface area contributed by atoms with Crippen molar-refractivity contribution in [3.8, 4) is 0 Å². The largest absolute Gasteiger partial charge is 0.459 e. The van der Waals surface area contributed by atoms with E-state index in [1.165, 1.54) is 135 Å². The lowest BCUT2D eigenvalue weighted by Crippen LogP contribution is -2.49. The fourth-order valence-corrected chi connectivity index (χ4v) is 12.3. The van der Waals surface area contributed by atoms with Crippen LogP contribution in [0, 0.1) is 11.6 Å². The number of furan rings is 6. The molecule has 12 aromatic rings. The summed E-state index contributed by atoms with van der Waals surface area (Å²) in [7, 11) is 0. The number of hydrogen-bond acceptors (Lipinski definition) is 18. The number of alkyl halides is 21. The predicted molar refractivity (Wildman–Crippen MR) is 512 cm³/mol. The van der Waals surface area contributed by atoms with Gasteiger partial charge in [0.05, 0.1) is 41.4 Å². The van der Waals surface area contributed by atoms with Crippen molar-refractivity contribution in [1.82, 2.24) is 31.9 Å². The number of amides is 6. The lowest BCUT2D eigenvalue weighted by atomic mass is 10.1. The molecule has 12 N–H and O–H groups in total. The molecule has 51 heteroatoms. The van der Waals surface area contributed by atoms with E-state index in [2.05, 4.69) is 95.7 Å². The third-order valence-electron chi connectivity index (χ3n) is 15.4. The molecule has 6 amide bonds. The van der Waals surface area contributed by atoms with Gasteiger partial charge in [-0.2, -0.15) is 13.2 Å². The molecule has 130 heavy (non-hydrogen) atoms. The van der Waals surface area contributed by atoms with E-state index in [0.29, 0.717) is 43.0 Å². The van der Waals surface area contributed by atoms with Gasteiger partial charge in [-0.1, -0.05) is 266 Å². The molecule has 696 valence electrons. The van der Waals surface area contributed by atoms with Crippen molar-refractivity contribution < 1.29 is 77.2 Å². The van der Waals surface area contributed by atoms with E-state index >= 15 is 0 Å². The SMILES string of the molecule is O=C(NC(Nc1ccc(Br)cc1)C(Cl)(Cl)Cl)c1ccco1.O=C(NC(Nc1ccc(Cl)cc1)C(Cl)(Cl)Cl)c1cc(Br)co1.O=C(NC(Nc1ccc(Cl)cc1)C(Cl)(Cl)Cl)c1ccco1.O=C(NC(Nc1ccc(F)cc1)C(Cl)(Cl)Cl)c1ccco1.O=C(NC(Nc1cccc(F)c1)C(Cl)(Cl)Cl)c1ccco1.O=C(NC(Nc1ccccc1C(F)(F)F)C(Cl)(Cl)Cl)c1ccco1. The topological polar surface area (TPSA) is 326 Å². The molecule has 0 aliphatic rings. The summed E-state index contributed by atoms with van der Waals surface area (Å²) in [6.07, 6.45) is -2.93. The van der Waals surface area contributed by atoms with Gasteiger partial charge in [0.15, 0.2) is 34.6 Å². The van der Waals surface area contributed by atoms with Crippen LogP contribution in [0.15, 0.2) is 285 Å². The van der Waals surface area contributed by atoms with Gasteiger partial charge in [0.25, 0.3) is 35.4 Å². The first-order chi connectivity index (χ1) is 60.8. The minimum Gasteiger partial charge on any atom is -0.459 e. The van der Waals surface area contributed by atoms with Crippen LogP contribution in [0.3, 0.4) is 0 Å². The molecule has 6 unspecified atom stereocenters. The van der Waals surface area contributed by atoms with Crippen LogP contribution < -0.4 is 63.8 Å². The van der Waals surface area contributed by atoms with E-state index in [1.54, 1.807) is 91.0 Å². The average molecular weight is 2330 g/mol. The van der Waals surface area contributed by atoms with Crippen molar-refractivity contribution in [3.05, 3.63) is 321 Å². The second kappa shape index (κ2) is 51.1. The summed E-state index contributed by atoms with van der Waals surface area (Å²) < 4.78 is 85.5. The van der Waals surface area contributed by atoms with Gasteiger partial charge in [-0.15, -0.1) is 0 Å². The number of nitrogens with one attached hydrogen (secondary N) is 12. The zero-order chi connectivity index (χ0) is 96.1. The first-order valence-electron chi connectivity index (χ1n) is 35.5. The maximum absolute atomic E-state index is 13.2. The van der Waals surface area contributed by atoms with Gasteiger partial charge in [-0.05, 0) is 204 Å². The first-order valence-corrected chi connectivity index (χ1v) is 44.6. The highest BCUT2D eigenvalue weighted by atomic mass is 79.9. The van der Waals surface area contributed by atoms with Crippen LogP contribution >= 0.6 is 264 Å². The van der Waals surface area contributed by atoms with Crippen molar-refractivity contribution in [3.63, 3.8) is 0 Å². The molecule has 12 rings (SSSR count). The van der Waals surface area contributed by atoms with Gasteiger partial charge in [-0.3, -0.25) is 28.8 Å². The fraction of sp³-hybridized carbons (Fsp3) is 0.165. The molecule has 0 aliphatic heterocycles. The van der Waals surface area contributed by atoms with Crippen LogP contribution in [0.25, 0.3) is 0 Å². The average Bonchev–Trinajstić information content (AvgIpc) is 0.851. The summed E-state index contributed by atoms with van der Waals surface area (Å²) in [5.41, 5.74) is 1.47. The van der Waals surface area contributed by atoms with Crippen LogP contribution in [0.5, 0.6) is 0 Å². The first kappa shape index (κ1) is 110. The smallest absolute Gasteiger partial charge is 0.418 e. The third kappa shape index (κ3) is 38.8. The summed E-state index contributed by atoms with van der Waals surface area (Å²) in [6, 6.07) is 52.9. The molecule has 0 fully saturated rings. The predicted octanol–water partition coefficient (Wildman–Crippen LogP) is 27.0. The van der Waals surface area contributed by atoms with Gasteiger partial charge in [-0.25, -0.2) is 8.78 Å². The highest BCUT2D eigenvalue weighted by molar-refractivity contribution is 9.10. The van der Waals surface area contributed by atoms with E-state index < -0.39 is 119 Å². The van der Waals surface area contributed by atoms with E-state index in [-0.39, 0.29) is 40.2 Å². The normalized spacial score (nSPS) is 12.9. The summed E-state index contributed by atoms with van der Waals surface area (Å²) in [6.45, 7) is 0. The van der Waals surface area contributed by atoms with Crippen molar-refractivity contribution in [1.29, 1.82) is 0 Å². The summed E-state index contributed by atoms with van der Waals surface area (Å²) in [5, 5.41) is 32.8. The quantitative estimate of drug-likeness (QED) is 0.0152. The Bertz CT molecular complexity index is 5250. The molecule has 6 heterocycles. The molecule has 0 saturated carbocycles. The Morgan fingerprint density at radius 2 is 0.554 bits per heavy atom. The van der Waals surface area contributed by atoms with Crippen LogP contribution in [0.1, 0.15) is 68.9 Å². The molecule has 6 atom stereocenters. The minimum absolute atomic E-state index is 0.0651. The van der Waals surface area contributed by atoms with Crippen molar-refractivity contribution in [2.75, 3.05) is 31.9 Å². The lowest BCUT2D eigenvalue weighted by molar-refractivity contribution is -0.137. The Morgan fingerprint density at radius 1 is 0.277 bits per heavy atom. The lowest BCUT2D eigenvalue weighted by Gasteiger charge is -2.28. The van der Waals surface area contributed by atoms with Crippen LogP contribution in [0.2, 0.25) is 10.0 Å². The number of benzene rings is 6. The fourth-order valence-electron chi connectivity index (χ4n) is 9.49. The Hall–Kier alpha value is -6.97. The number of rotatable bonds is 24. The molecule has 0 bridgehead atoms. The minimum atomic E-state index is -4.62. The Labute approximate surface area is 852 Å². The number of halogens is 27. The van der Waals surface area contributed by atoms with E-state index in [9.17, 15) is 50.7 Å². The molecule has 24 nitrogen and oxygen atoms in total. The van der Waals surface area contributed by atoms with E-state index in [0.717, 1.165) is 16.6 Å². The maximum atomic E-state index is 13.2. The number of carbonyl (C=O) groups is 6. The maximum Gasteiger partial charge on any atom is 0.418 e. The van der Waals surface area contributed by atoms with Crippen LogP contribution in [-0.2, 0) is 6.18 Å². The standard InChI is InChI=1S/C14H10Cl3F3N2O2.C13H9BrCl4N2O2.C13H10BrCl3N2O2.C13H10Cl4N2O2.2C13H10Cl3FN2O2/c15-13(16,17)12(22-11(23)10-6-3-7-24-10)21-9-5-2-1-4-8(9)14(18,19)20;14-7-5-10(22-6-7)11(21)20-12(13(16,17)18)19-9-3-1-8(15)2-4-9;2*14-8-3-5-9(6-4-8)18-12(13(15,16)17)19-11(20)10-2-1-7-21-10;14-13(15,16)12(18-9-4-1-3-8(17)7-9)19-11(20)10-5-2-6-21-10;14-13(15,16)12(18-9-5-3-8(17)4-6-9)19-11(20)10-2-1-7-21-10/h1-7,12,21H,(H,22,23);1-6,12,19H,(H,20,21);4*1-7,12,18H,(H,19,20). The van der Waals surface area contributed by atoms with Gasteiger partial charge >= 0.3 is 6.18 Å². The molecule has 0 saturated heterocycles. The van der Waals surface area contributed by atoms with Crippen molar-refractivity contribution >= 4 is 333 Å². The highest BCUT2D eigenvalue weighted by Crippen LogP contribution is 2.40. The highest BCUT2D eigenvalue weighted by Gasteiger charge is 2.42. The Kier molecular flexibility index (Phi) is 43.3. The summed E-state index contributed by atoms with van der Waals surface area (Å²) in [4.78, 5) is 71.9. The molecule has 0 aliphatic carbocycles. The van der Waals surface area contributed by atoms with E-state index in [4.69, 9.17) is 259 Å². The number of anilines is 6. The number of carbonyl (C=O) groups excluding carboxylic acids is 6. The van der Waals surface area contributed by atoms with Gasteiger partial charge < -0.3 is 90.3 Å².